The van der Waals surface area contributed by atoms with Crippen molar-refractivity contribution < 1.29 is 28.3 Å². The predicted molar refractivity (Wildman–Crippen MR) is 62.0 cm³/mol. The van der Waals surface area contributed by atoms with Crippen LogP contribution in [0.25, 0.3) is 0 Å². The van der Waals surface area contributed by atoms with Crippen molar-refractivity contribution >= 4 is 7.82 Å². The molecule has 2 aliphatic rings. The van der Waals surface area contributed by atoms with E-state index in [9.17, 15) is 24.2 Å². The molecule has 0 saturated carbocycles. The van der Waals surface area contributed by atoms with Gasteiger partial charge in [-0.25, -0.2) is 9.36 Å². The molecule has 10 nitrogen and oxygen atoms in total. The maximum absolute atomic E-state index is 11.7. The monoisotopic (exact) mass is 306 g/mol. The summed E-state index contributed by atoms with van der Waals surface area (Å²) in [5.74, 6) is 0. The zero-order chi connectivity index (χ0) is 14.5. The molecule has 0 aromatic carbocycles. The zero-order valence-electron chi connectivity index (χ0n) is 9.88. The van der Waals surface area contributed by atoms with E-state index in [1.165, 1.54) is 0 Å². The third-order valence-corrected chi connectivity index (χ3v) is 4.17. The molecule has 4 N–H and O–H groups in total. The minimum absolute atomic E-state index is 0.0149. The van der Waals surface area contributed by atoms with Gasteiger partial charge in [-0.1, -0.05) is 0 Å². The maximum Gasteiger partial charge on any atom is 0.473 e. The normalized spacial score (nSPS) is 39.9. The van der Waals surface area contributed by atoms with Crippen molar-refractivity contribution in [3.8, 4) is 0 Å². The first-order valence-corrected chi connectivity index (χ1v) is 7.18. The lowest BCUT2D eigenvalue weighted by Gasteiger charge is -2.16. The van der Waals surface area contributed by atoms with E-state index in [0.717, 1.165) is 6.20 Å². The number of aromatic nitrogens is 2. The van der Waals surface area contributed by atoms with Crippen molar-refractivity contribution in [2.75, 3.05) is 6.61 Å². The second-order valence-corrected chi connectivity index (χ2v) is 5.77. The molecule has 110 valence electrons. The van der Waals surface area contributed by atoms with Gasteiger partial charge in [-0.05, 0) is 0 Å². The van der Waals surface area contributed by atoms with Gasteiger partial charge in [-0.3, -0.25) is 18.8 Å². The number of H-pyrrole nitrogens is 2. The summed E-state index contributed by atoms with van der Waals surface area (Å²) in [7, 11) is -4.23. The molecule has 3 rings (SSSR count). The van der Waals surface area contributed by atoms with Gasteiger partial charge in [0.1, 0.15) is 24.4 Å². The molecular formula is C9H11N2O8P. The molecule has 2 saturated heterocycles. The fraction of sp³-hybridized carbons (Fsp3) is 0.556. The number of phosphoric ester groups is 1. The van der Waals surface area contributed by atoms with E-state index in [1.807, 2.05) is 4.98 Å². The third-order valence-electron chi connectivity index (χ3n) is 3.15. The molecule has 0 radical (unpaired) electrons. The average Bonchev–Trinajstić information content (AvgIpc) is 2.83. The Balaban J connectivity index is 2.00. The fourth-order valence-electron chi connectivity index (χ4n) is 2.33. The molecule has 20 heavy (non-hydrogen) atoms. The number of ether oxygens (including phenoxy) is 1. The molecule has 0 spiro atoms. The predicted octanol–water partition coefficient (Wildman–Crippen LogP) is -1.62. The number of nitrogens with one attached hydrogen (secondary N) is 2. The molecule has 11 heteroatoms. The first-order valence-electron chi connectivity index (χ1n) is 5.69. The van der Waals surface area contributed by atoms with Crippen LogP contribution in [0, 0.1) is 0 Å². The number of hydrogen-bond donors (Lipinski definition) is 4. The third kappa shape index (κ3) is 2.16. The van der Waals surface area contributed by atoms with Gasteiger partial charge in [-0.2, -0.15) is 0 Å². The van der Waals surface area contributed by atoms with Crippen LogP contribution >= 0.6 is 7.82 Å². The van der Waals surface area contributed by atoms with Gasteiger partial charge in [0.15, 0.2) is 0 Å². The SMILES string of the molecule is O=c1[nH]cc([C@@H]2O[C@H](CO)[C@H]3OP(=O)(O)O[C@H]32)c(=O)[nH]1. The molecule has 2 aliphatic heterocycles. The lowest BCUT2D eigenvalue weighted by atomic mass is 10.0. The first-order chi connectivity index (χ1) is 9.41. The van der Waals surface area contributed by atoms with Gasteiger partial charge in [0.25, 0.3) is 5.56 Å². The summed E-state index contributed by atoms with van der Waals surface area (Å²) >= 11 is 0. The summed E-state index contributed by atoms with van der Waals surface area (Å²) in [5, 5.41) is 9.19. The Kier molecular flexibility index (Phi) is 3.16. The molecular weight excluding hydrogens is 295 g/mol. The lowest BCUT2D eigenvalue weighted by molar-refractivity contribution is -0.0309. The molecule has 1 unspecified atom stereocenters. The lowest BCUT2D eigenvalue weighted by Crippen LogP contribution is -2.31. The molecule has 0 bridgehead atoms. The average molecular weight is 306 g/mol. The summed E-state index contributed by atoms with van der Waals surface area (Å²) in [5.41, 5.74) is -1.39. The minimum Gasteiger partial charge on any atom is -0.394 e. The summed E-state index contributed by atoms with van der Waals surface area (Å²) < 4.78 is 26.5. The van der Waals surface area contributed by atoms with Crippen LogP contribution in [0.4, 0.5) is 0 Å². The van der Waals surface area contributed by atoms with Gasteiger partial charge < -0.3 is 19.7 Å². The minimum atomic E-state index is -4.23. The summed E-state index contributed by atoms with van der Waals surface area (Å²) in [6.45, 7) is -0.470. The van der Waals surface area contributed by atoms with Crippen molar-refractivity contribution in [1.82, 2.24) is 9.97 Å². The van der Waals surface area contributed by atoms with E-state index in [-0.39, 0.29) is 5.56 Å². The zero-order valence-corrected chi connectivity index (χ0v) is 10.8. The van der Waals surface area contributed by atoms with Crippen molar-refractivity contribution in [1.29, 1.82) is 0 Å². The van der Waals surface area contributed by atoms with E-state index in [4.69, 9.17) is 13.8 Å². The van der Waals surface area contributed by atoms with E-state index < -0.39 is 50.1 Å². The standard InChI is InChI=1S/C9H11N2O8P/c12-2-4-6-7(19-20(15,16)18-6)5(17-4)3-1-10-9(14)11-8(3)13/h1,4-7,12H,2H2,(H,15,16)(H2,10,11,13,14)/t4-,5+,6-,7+/m1/s1. The number of aliphatic hydroxyl groups excluding tert-OH is 1. The summed E-state index contributed by atoms with van der Waals surface area (Å²) in [6, 6.07) is 0. The highest BCUT2D eigenvalue weighted by Crippen LogP contribution is 2.58. The van der Waals surface area contributed by atoms with Gasteiger partial charge in [0.2, 0.25) is 0 Å². The number of aliphatic hydroxyl groups is 1. The van der Waals surface area contributed by atoms with E-state index >= 15 is 0 Å². The topological polar surface area (TPSA) is 151 Å². The van der Waals surface area contributed by atoms with Gasteiger partial charge in [0, 0.05) is 6.20 Å². The van der Waals surface area contributed by atoms with Crippen molar-refractivity contribution in [3.05, 3.63) is 32.6 Å². The Labute approximate surface area is 110 Å². The maximum atomic E-state index is 11.7. The second-order valence-electron chi connectivity index (χ2n) is 4.41. The smallest absolute Gasteiger partial charge is 0.394 e. The Morgan fingerprint density at radius 2 is 2.00 bits per heavy atom. The first kappa shape index (κ1) is 13.7. The number of hydrogen-bond acceptors (Lipinski definition) is 7. The highest BCUT2D eigenvalue weighted by Gasteiger charge is 2.57. The van der Waals surface area contributed by atoms with Crippen LogP contribution in [0.1, 0.15) is 11.7 Å². The van der Waals surface area contributed by atoms with Crippen molar-refractivity contribution in [2.24, 2.45) is 0 Å². The Hall–Kier alpha value is -1.29. The highest BCUT2D eigenvalue weighted by molar-refractivity contribution is 7.47. The van der Waals surface area contributed by atoms with Gasteiger partial charge in [0.05, 0.1) is 12.2 Å². The molecule has 1 aromatic heterocycles. The Bertz CT molecular complexity index is 683. The van der Waals surface area contributed by atoms with E-state index in [0.29, 0.717) is 0 Å². The molecule has 5 atom stereocenters. The molecule has 2 fully saturated rings. The second kappa shape index (κ2) is 4.62. The molecule has 3 heterocycles. The number of phosphoric acid groups is 1. The van der Waals surface area contributed by atoms with Crippen molar-refractivity contribution in [2.45, 2.75) is 24.4 Å². The van der Waals surface area contributed by atoms with Crippen LogP contribution < -0.4 is 11.2 Å². The summed E-state index contributed by atoms with van der Waals surface area (Å²) in [6.07, 6.45) is -2.78. The van der Waals surface area contributed by atoms with Crippen LogP contribution in [0.3, 0.4) is 0 Å². The largest absolute Gasteiger partial charge is 0.473 e. The van der Waals surface area contributed by atoms with Gasteiger partial charge in [-0.15, -0.1) is 0 Å². The summed E-state index contributed by atoms with van der Waals surface area (Å²) in [4.78, 5) is 36.3. The van der Waals surface area contributed by atoms with Gasteiger partial charge >= 0.3 is 13.5 Å². The number of fused-ring (bicyclic) bond motifs is 1. The van der Waals surface area contributed by atoms with E-state index in [2.05, 4.69) is 4.98 Å². The highest BCUT2D eigenvalue weighted by atomic mass is 31.2. The quantitative estimate of drug-likeness (QED) is 0.476. The fourth-order valence-corrected chi connectivity index (χ4v) is 3.48. The van der Waals surface area contributed by atoms with Crippen LogP contribution in [-0.2, 0) is 18.3 Å². The molecule has 0 amide bonds. The Morgan fingerprint density at radius 3 is 2.65 bits per heavy atom. The molecule has 1 aromatic rings. The van der Waals surface area contributed by atoms with Crippen LogP contribution in [-0.4, -0.2) is 44.9 Å². The van der Waals surface area contributed by atoms with Crippen LogP contribution in [0.5, 0.6) is 0 Å². The Morgan fingerprint density at radius 1 is 1.30 bits per heavy atom. The molecule has 0 aliphatic carbocycles. The number of rotatable bonds is 2. The van der Waals surface area contributed by atoms with Crippen LogP contribution in [0.15, 0.2) is 15.8 Å². The van der Waals surface area contributed by atoms with Crippen LogP contribution in [0.2, 0.25) is 0 Å². The number of aromatic amines is 2. The van der Waals surface area contributed by atoms with Crippen molar-refractivity contribution in [3.63, 3.8) is 0 Å². The van der Waals surface area contributed by atoms with E-state index in [1.54, 1.807) is 0 Å².